The van der Waals surface area contributed by atoms with E-state index in [0.29, 0.717) is 22.4 Å². The predicted molar refractivity (Wildman–Crippen MR) is 65.5 cm³/mol. The van der Waals surface area contributed by atoms with Crippen LogP contribution in [0.15, 0.2) is 22.7 Å². The van der Waals surface area contributed by atoms with Gasteiger partial charge in [0.05, 0.1) is 5.56 Å². The average Bonchev–Trinajstić information content (AvgIpc) is 2.15. The lowest BCUT2D eigenvalue weighted by molar-refractivity contribution is -0.137. The molecular formula is C12H15BrF3N. The van der Waals surface area contributed by atoms with E-state index in [2.05, 4.69) is 15.9 Å². The van der Waals surface area contributed by atoms with E-state index in [1.807, 2.05) is 13.8 Å². The highest BCUT2D eigenvalue weighted by Crippen LogP contribution is 2.34. The van der Waals surface area contributed by atoms with Crippen molar-refractivity contribution in [1.82, 2.24) is 0 Å². The maximum absolute atomic E-state index is 12.6. The Morgan fingerprint density at radius 3 is 2.35 bits per heavy atom. The second kappa shape index (κ2) is 5.40. The molecule has 1 aromatic carbocycles. The highest BCUT2D eigenvalue weighted by Gasteiger charge is 2.31. The van der Waals surface area contributed by atoms with E-state index in [-0.39, 0.29) is 6.04 Å². The first-order chi connectivity index (χ1) is 7.71. The highest BCUT2D eigenvalue weighted by atomic mass is 79.9. The molecule has 96 valence electrons. The fourth-order valence-electron chi connectivity index (χ4n) is 1.64. The molecule has 0 saturated heterocycles. The van der Waals surface area contributed by atoms with Gasteiger partial charge in [-0.25, -0.2) is 0 Å². The zero-order valence-electron chi connectivity index (χ0n) is 9.68. The zero-order valence-corrected chi connectivity index (χ0v) is 11.3. The van der Waals surface area contributed by atoms with Gasteiger partial charge in [0.1, 0.15) is 0 Å². The van der Waals surface area contributed by atoms with Gasteiger partial charge in [0.2, 0.25) is 0 Å². The molecule has 0 aliphatic heterocycles. The zero-order chi connectivity index (χ0) is 13.2. The number of rotatable bonds is 3. The number of benzene rings is 1. The predicted octanol–water partition coefficient (Wildman–Crippen LogP) is 4.51. The van der Waals surface area contributed by atoms with E-state index in [1.54, 1.807) is 0 Å². The molecule has 0 aliphatic rings. The molecule has 0 spiro atoms. The second-order valence-electron chi connectivity index (χ2n) is 4.47. The van der Waals surface area contributed by atoms with Gasteiger partial charge in [-0.1, -0.05) is 29.8 Å². The Morgan fingerprint density at radius 1 is 1.29 bits per heavy atom. The van der Waals surface area contributed by atoms with Crippen LogP contribution in [0.1, 0.15) is 37.4 Å². The van der Waals surface area contributed by atoms with Gasteiger partial charge in [-0.05, 0) is 36.1 Å². The number of nitrogens with two attached hydrogens (primary N) is 1. The molecule has 0 bridgehead atoms. The van der Waals surface area contributed by atoms with Gasteiger partial charge >= 0.3 is 6.18 Å². The molecule has 1 atom stereocenters. The molecule has 0 fully saturated rings. The summed E-state index contributed by atoms with van der Waals surface area (Å²) in [5.41, 5.74) is 5.76. The van der Waals surface area contributed by atoms with Crippen LogP contribution in [-0.2, 0) is 6.18 Å². The van der Waals surface area contributed by atoms with Crippen LogP contribution in [0.2, 0.25) is 0 Å². The molecule has 1 aromatic rings. The van der Waals surface area contributed by atoms with Crippen molar-refractivity contribution in [2.45, 2.75) is 32.5 Å². The highest BCUT2D eigenvalue weighted by molar-refractivity contribution is 9.10. The molecule has 0 amide bonds. The second-order valence-corrected chi connectivity index (χ2v) is 5.32. The number of hydrogen-bond acceptors (Lipinski definition) is 1. The summed E-state index contributed by atoms with van der Waals surface area (Å²) >= 11 is 3.24. The lowest BCUT2D eigenvalue weighted by Crippen LogP contribution is -2.15. The summed E-state index contributed by atoms with van der Waals surface area (Å²) in [5, 5.41) is 0. The maximum Gasteiger partial charge on any atom is 0.416 e. The van der Waals surface area contributed by atoms with Gasteiger partial charge in [0.25, 0.3) is 0 Å². The van der Waals surface area contributed by atoms with Gasteiger partial charge in [-0.3, -0.25) is 0 Å². The van der Waals surface area contributed by atoms with Crippen molar-refractivity contribution < 1.29 is 13.2 Å². The molecule has 0 aliphatic carbocycles. The Kier molecular flexibility index (Phi) is 4.61. The summed E-state index contributed by atoms with van der Waals surface area (Å²) in [6, 6.07) is 3.19. The van der Waals surface area contributed by atoms with Gasteiger partial charge in [0, 0.05) is 10.5 Å². The third-order valence-electron chi connectivity index (χ3n) is 2.45. The first kappa shape index (κ1) is 14.5. The van der Waals surface area contributed by atoms with Gasteiger partial charge in [0.15, 0.2) is 0 Å². The molecule has 2 N–H and O–H groups in total. The average molecular weight is 310 g/mol. The van der Waals surface area contributed by atoms with Crippen molar-refractivity contribution in [3.05, 3.63) is 33.8 Å². The van der Waals surface area contributed by atoms with Crippen LogP contribution in [0, 0.1) is 5.92 Å². The summed E-state index contributed by atoms with van der Waals surface area (Å²) in [6.45, 7) is 3.97. The molecule has 1 unspecified atom stereocenters. The standard InChI is InChI=1S/C12H15BrF3N/c1-7(2)5-11(17)9-6-8(12(14,15)16)3-4-10(9)13/h3-4,6-7,11H,5,17H2,1-2H3. The lowest BCUT2D eigenvalue weighted by Gasteiger charge is -2.18. The first-order valence-corrected chi connectivity index (χ1v) is 6.13. The molecule has 0 aromatic heterocycles. The van der Waals surface area contributed by atoms with Crippen LogP contribution in [-0.4, -0.2) is 0 Å². The minimum atomic E-state index is -4.33. The smallest absolute Gasteiger partial charge is 0.324 e. The van der Waals surface area contributed by atoms with Crippen molar-refractivity contribution in [2.75, 3.05) is 0 Å². The Morgan fingerprint density at radius 2 is 1.88 bits per heavy atom. The minimum absolute atomic E-state index is 0.339. The first-order valence-electron chi connectivity index (χ1n) is 5.34. The van der Waals surface area contributed by atoms with E-state index in [1.165, 1.54) is 6.07 Å². The molecule has 0 radical (unpaired) electrons. The monoisotopic (exact) mass is 309 g/mol. The van der Waals surface area contributed by atoms with Crippen molar-refractivity contribution >= 4 is 15.9 Å². The van der Waals surface area contributed by atoms with Crippen molar-refractivity contribution in [1.29, 1.82) is 0 Å². The third kappa shape index (κ3) is 4.00. The molecule has 5 heteroatoms. The summed E-state index contributed by atoms with van der Waals surface area (Å²) in [5.74, 6) is 0.339. The van der Waals surface area contributed by atoms with Gasteiger partial charge < -0.3 is 5.73 Å². The van der Waals surface area contributed by atoms with Crippen LogP contribution in [0.5, 0.6) is 0 Å². The molecular weight excluding hydrogens is 295 g/mol. The Labute approximate surface area is 107 Å². The molecule has 0 saturated carbocycles. The van der Waals surface area contributed by atoms with E-state index in [9.17, 15) is 13.2 Å². The Hall–Kier alpha value is -0.550. The minimum Gasteiger partial charge on any atom is -0.324 e. The largest absolute Gasteiger partial charge is 0.416 e. The number of halogens is 4. The van der Waals surface area contributed by atoms with Crippen LogP contribution in [0.25, 0.3) is 0 Å². The third-order valence-corrected chi connectivity index (χ3v) is 3.17. The van der Waals surface area contributed by atoms with E-state index in [4.69, 9.17) is 5.73 Å². The van der Waals surface area contributed by atoms with Crippen LogP contribution < -0.4 is 5.73 Å². The van der Waals surface area contributed by atoms with E-state index >= 15 is 0 Å². The van der Waals surface area contributed by atoms with Crippen molar-refractivity contribution in [2.24, 2.45) is 11.7 Å². The summed E-state index contributed by atoms with van der Waals surface area (Å²) in [4.78, 5) is 0. The Balaban J connectivity index is 3.06. The number of hydrogen-bond donors (Lipinski definition) is 1. The van der Waals surface area contributed by atoms with Crippen LogP contribution in [0.3, 0.4) is 0 Å². The summed E-state index contributed by atoms with van der Waals surface area (Å²) < 4.78 is 38.3. The van der Waals surface area contributed by atoms with Crippen LogP contribution >= 0.6 is 15.9 Å². The molecule has 17 heavy (non-hydrogen) atoms. The summed E-state index contributed by atoms with van der Waals surface area (Å²) in [7, 11) is 0. The maximum atomic E-state index is 12.6. The lowest BCUT2D eigenvalue weighted by atomic mass is 9.96. The fraction of sp³-hybridized carbons (Fsp3) is 0.500. The quantitative estimate of drug-likeness (QED) is 0.873. The normalized spacial score (nSPS) is 14.1. The van der Waals surface area contributed by atoms with Gasteiger partial charge in [-0.2, -0.15) is 13.2 Å². The molecule has 0 heterocycles. The topological polar surface area (TPSA) is 26.0 Å². The molecule has 1 nitrogen and oxygen atoms in total. The van der Waals surface area contributed by atoms with E-state index < -0.39 is 11.7 Å². The summed E-state index contributed by atoms with van der Waals surface area (Å²) in [6.07, 6.45) is -3.67. The van der Waals surface area contributed by atoms with Crippen molar-refractivity contribution in [3.63, 3.8) is 0 Å². The number of alkyl halides is 3. The van der Waals surface area contributed by atoms with Crippen molar-refractivity contribution in [3.8, 4) is 0 Å². The van der Waals surface area contributed by atoms with E-state index in [0.717, 1.165) is 12.1 Å². The SMILES string of the molecule is CC(C)CC(N)c1cc(C(F)(F)F)ccc1Br. The Bertz CT molecular complexity index is 388. The van der Waals surface area contributed by atoms with Gasteiger partial charge in [-0.15, -0.1) is 0 Å². The molecule has 1 rings (SSSR count). The fourth-order valence-corrected chi connectivity index (χ4v) is 2.18. The van der Waals surface area contributed by atoms with Crippen LogP contribution in [0.4, 0.5) is 13.2 Å².